The first kappa shape index (κ1) is 9.19. The molecule has 1 rings (SSSR count). The maximum absolute atomic E-state index is 2.33. The standard InChI is InChI=1S/C8H11.C2H5.Ru/c1-2-8-6-4-3-5-7-8;1-2;/h3-4H,2,5-6H2,1H3;1H2,2H3;. The van der Waals surface area contributed by atoms with Crippen LogP contribution >= 0.6 is 0 Å². The van der Waals surface area contributed by atoms with Crippen LogP contribution in [0.5, 0.6) is 0 Å². The van der Waals surface area contributed by atoms with Gasteiger partial charge in [0.1, 0.15) is 0 Å². The molecule has 11 heavy (non-hydrogen) atoms. The molecular weight excluding hydrogens is 221 g/mol. The van der Waals surface area contributed by atoms with Crippen LogP contribution in [0, 0.1) is 0 Å². The molecule has 0 aromatic carbocycles. The molecule has 0 atom stereocenters. The van der Waals surface area contributed by atoms with Crippen LogP contribution in [-0.4, -0.2) is 0 Å². The van der Waals surface area contributed by atoms with Crippen LogP contribution in [0.25, 0.3) is 0 Å². The van der Waals surface area contributed by atoms with E-state index in [2.05, 4.69) is 26.0 Å². The SMILES string of the molecule is C[CH2][Ru][C]1=C(CC)CC=CC1. The number of rotatable bonds is 3. The minimum absolute atomic E-state index is 0.557. The summed E-state index contributed by atoms with van der Waals surface area (Å²) in [4.78, 5) is 0. The van der Waals surface area contributed by atoms with Gasteiger partial charge < -0.3 is 0 Å². The number of allylic oxidation sites excluding steroid dienone is 4. The Balaban J connectivity index is 2.60. The average molecular weight is 237 g/mol. The predicted molar refractivity (Wildman–Crippen MR) is 46.2 cm³/mol. The summed E-state index contributed by atoms with van der Waals surface area (Å²) in [6.07, 6.45) is 8.42. The summed E-state index contributed by atoms with van der Waals surface area (Å²) in [5.74, 6) is 0. The molecule has 0 radical (unpaired) electrons. The summed E-state index contributed by atoms with van der Waals surface area (Å²) in [7, 11) is 0. The van der Waals surface area contributed by atoms with Gasteiger partial charge in [0.25, 0.3) is 0 Å². The molecule has 0 bridgehead atoms. The fourth-order valence-electron chi connectivity index (χ4n) is 1.28. The third-order valence-corrected chi connectivity index (χ3v) is 4.23. The topological polar surface area (TPSA) is 0 Å². The van der Waals surface area contributed by atoms with Crippen molar-refractivity contribution >= 4 is 0 Å². The van der Waals surface area contributed by atoms with Crippen LogP contribution in [0.1, 0.15) is 33.1 Å². The number of hydrogen-bond donors (Lipinski definition) is 0. The molecule has 0 spiro atoms. The summed E-state index contributed by atoms with van der Waals surface area (Å²) in [5.41, 5.74) is 1.73. The van der Waals surface area contributed by atoms with E-state index in [9.17, 15) is 0 Å². The molecule has 0 unspecified atom stereocenters. The van der Waals surface area contributed by atoms with Crippen molar-refractivity contribution in [2.24, 2.45) is 0 Å². The molecule has 0 saturated heterocycles. The van der Waals surface area contributed by atoms with E-state index in [1.165, 1.54) is 24.3 Å². The Kier molecular flexibility index (Phi) is 4.08. The van der Waals surface area contributed by atoms with Crippen molar-refractivity contribution in [2.75, 3.05) is 0 Å². The maximum atomic E-state index is 2.33. The third-order valence-electron chi connectivity index (χ3n) is 1.90. The zero-order chi connectivity index (χ0) is 8.10. The van der Waals surface area contributed by atoms with E-state index in [1.54, 1.807) is 9.74 Å². The zero-order valence-corrected chi connectivity index (χ0v) is 9.07. The molecule has 0 saturated carbocycles. The molecule has 1 heteroatoms. The fraction of sp³-hybridized carbons (Fsp3) is 0.600. The molecule has 0 amide bonds. The van der Waals surface area contributed by atoms with Crippen LogP contribution in [0.4, 0.5) is 0 Å². The monoisotopic (exact) mass is 238 g/mol. The van der Waals surface area contributed by atoms with Crippen LogP contribution in [0.2, 0.25) is 5.02 Å². The Labute approximate surface area is 77.4 Å². The van der Waals surface area contributed by atoms with Crippen LogP contribution in [0.15, 0.2) is 21.9 Å². The summed E-state index contributed by atoms with van der Waals surface area (Å²) >= 11 is 0.557. The van der Waals surface area contributed by atoms with Crippen molar-refractivity contribution in [1.29, 1.82) is 0 Å². The summed E-state index contributed by atoms with van der Waals surface area (Å²) < 4.78 is 1.80. The first-order valence-corrected chi connectivity index (χ1v) is 6.40. The summed E-state index contributed by atoms with van der Waals surface area (Å²) in [6, 6.07) is 0. The van der Waals surface area contributed by atoms with E-state index >= 15 is 0 Å². The van der Waals surface area contributed by atoms with E-state index in [4.69, 9.17) is 0 Å². The average Bonchev–Trinajstić information content (AvgIpc) is 2.06. The van der Waals surface area contributed by atoms with Crippen molar-refractivity contribution in [2.45, 2.75) is 38.1 Å². The molecule has 0 fully saturated rings. The Morgan fingerprint density at radius 1 is 1.27 bits per heavy atom. The van der Waals surface area contributed by atoms with Crippen molar-refractivity contribution < 1.29 is 17.1 Å². The van der Waals surface area contributed by atoms with Gasteiger partial charge >= 0.3 is 77.1 Å². The van der Waals surface area contributed by atoms with Gasteiger partial charge in [-0.1, -0.05) is 0 Å². The number of hydrogen-bond acceptors (Lipinski definition) is 0. The van der Waals surface area contributed by atoms with Gasteiger partial charge in [0.15, 0.2) is 0 Å². The van der Waals surface area contributed by atoms with Crippen molar-refractivity contribution in [1.82, 2.24) is 0 Å². The van der Waals surface area contributed by atoms with Gasteiger partial charge in [0.2, 0.25) is 0 Å². The Bertz CT molecular complexity index is 177. The third kappa shape index (κ3) is 2.56. The van der Waals surface area contributed by atoms with Crippen LogP contribution in [-0.2, 0) is 17.1 Å². The van der Waals surface area contributed by atoms with Crippen molar-refractivity contribution in [3.05, 3.63) is 21.9 Å². The van der Waals surface area contributed by atoms with Crippen molar-refractivity contribution in [3.8, 4) is 0 Å². The molecule has 64 valence electrons. The summed E-state index contributed by atoms with van der Waals surface area (Å²) in [6.45, 7) is 4.58. The fourth-order valence-corrected chi connectivity index (χ4v) is 3.40. The normalized spacial score (nSPS) is 18.0. The Hall–Kier alpha value is 0.103. The molecule has 0 N–H and O–H groups in total. The van der Waals surface area contributed by atoms with E-state index < -0.39 is 0 Å². The first-order valence-electron chi connectivity index (χ1n) is 4.30. The first-order chi connectivity index (χ1) is 5.38. The van der Waals surface area contributed by atoms with Gasteiger partial charge in [0, 0.05) is 0 Å². The van der Waals surface area contributed by atoms with Gasteiger partial charge in [-0.3, -0.25) is 0 Å². The van der Waals surface area contributed by atoms with Crippen LogP contribution in [0.3, 0.4) is 0 Å². The van der Waals surface area contributed by atoms with E-state index in [0.717, 1.165) is 0 Å². The van der Waals surface area contributed by atoms with Gasteiger partial charge in [-0.25, -0.2) is 0 Å². The molecule has 0 heterocycles. The minimum atomic E-state index is 0.557. The Morgan fingerprint density at radius 2 is 2.00 bits per heavy atom. The van der Waals surface area contributed by atoms with E-state index in [-0.39, 0.29) is 0 Å². The molecule has 0 aliphatic heterocycles. The van der Waals surface area contributed by atoms with E-state index in [0.29, 0.717) is 17.1 Å². The van der Waals surface area contributed by atoms with Gasteiger partial charge in [-0.15, -0.1) is 0 Å². The summed E-state index contributed by atoms with van der Waals surface area (Å²) in [5, 5.41) is 1.39. The van der Waals surface area contributed by atoms with Gasteiger partial charge in [0.05, 0.1) is 0 Å². The van der Waals surface area contributed by atoms with Crippen molar-refractivity contribution in [3.63, 3.8) is 0 Å². The molecular formula is C10H16Ru. The second-order valence-electron chi connectivity index (χ2n) is 2.60. The second-order valence-corrected chi connectivity index (χ2v) is 5.49. The Morgan fingerprint density at radius 3 is 2.64 bits per heavy atom. The van der Waals surface area contributed by atoms with Gasteiger partial charge in [-0.05, 0) is 0 Å². The molecule has 0 aromatic heterocycles. The molecule has 1 aliphatic rings. The molecule has 0 aromatic rings. The van der Waals surface area contributed by atoms with E-state index in [1.807, 2.05) is 0 Å². The molecule has 1 aliphatic carbocycles. The van der Waals surface area contributed by atoms with Gasteiger partial charge in [-0.2, -0.15) is 0 Å². The molecule has 0 nitrogen and oxygen atoms in total. The van der Waals surface area contributed by atoms with Crippen LogP contribution < -0.4 is 0 Å². The predicted octanol–water partition coefficient (Wildman–Crippen LogP) is 3.52. The zero-order valence-electron chi connectivity index (χ0n) is 7.34. The second kappa shape index (κ2) is 4.88. The quantitative estimate of drug-likeness (QED) is 0.520.